The number of amides is 1. The van der Waals surface area contributed by atoms with Gasteiger partial charge in [0.05, 0.1) is 28.8 Å². The normalized spacial score (nSPS) is 12.0. The van der Waals surface area contributed by atoms with E-state index in [2.05, 4.69) is 4.98 Å². The number of ether oxygens (including phenoxy) is 1. The lowest BCUT2D eigenvalue weighted by Gasteiger charge is -2.27. The monoisotopic (exact) mass is 318 g/mol. The molecule has 0 spiro atoms. The number of Topliss-reactive ketones (excluding diaryl/α,β-unsaturated/α-hetero) is 1. The second-order valence-electron chi connectivity index (χ2n) is 4.90. The highest BCUT2D eigenvalue weighted by Crippen LogP contribution is 2.22. The molecule has 0 aliphatic rings. The standard InChI is InChI=1S/C16H18N2O3S/c1-11(19)15-8-12(10-22-15)16(20)18(2)14(9-21-3)13-6-4-5-7-17-13/h4-8,10,14H,9H2,1-3H3/t14-/m1/s1. The van der Waals surface area contributed by atoms with Crippen LogP contribution in [0.25, 0.3) is 0 Å². The van der Waals surface area contributed by atoms with Crippen LogP contribution in [0.15, 0.2) is 35.8 Å². The second kappa shape index (κ2) is 7.29. The van der Waals surface area contributed by atoms with Crippen LogP contribution in [0, 0.1) is 0 Å². The van der Waals surface area contributed by atoms with Gasteiger partial charge >= 0.3 is 0 Å². The Balaban J connectivity index is 2.24. The quantitative estimate of drug-likeness (QED) is 0.769. The molecule has 0 aromatic carbocycles. The van der Waals surface area contributed by atoms with Crippen molar-refractivity contribution in [3.63, 3.8) is 0 Å². The second-order valence-corrected chi connectivity index (χ2v) is 5.81. The third-order valence-corrected chi connectivity index (χ3v) is 4.37. The molecule has 2 rings (SSSR count). The Morgan fingerprint density at radius 1 is 1.41 bits per heavy atom. The molecule has 0 N–H and O–H groups in total. The Morgan fingerprint density at radius 2 is 2.18 bits per heavy atom. The molecule has 2 heterocycles. The van der Waals surface area contributed by atoms with Gasteiger partial charge in [-0.05, 0) is 25.1 Å². The van der Waals surface area contributed by atoms with Crippen LogP contribution in [0.5, 0.6) is 0 Å². The van der Waals surface area contributed by atoms with Crippen LogP contribution in [0.4, 0.5) is 0 Å². The predicted octanol–water partition coefficient (Wildman–Crippen LogP) is 2.81. The van der Waals surface area contributed by atoms with E-state index in [9.17, 15) is 9.59 Å². The van der Waals surface area contributed by atoms with Crippen molar-refractivity contribution in [1.82, 2.24) is 9.88 Å². The first kappa shape index (κ1) is 16.3. The maximum atomic E-state index is 12.6. The summed E-state index contributed by atoms with van der Waals surface area (Å²) < 4.78 is 5.22. The zero-order chi connectivity index (χ0) is 16.1. The lowest BCUT2D eigenvalue weighted by atomic mass is 10.1. The number of carbonyl (C=O) groups is 2. The van der Waals surface area contributed by atoms with E-state index in [0.717, 1.165) is 5.69 Å². The number of rotatable bonds is 6. The lowest BCUT2D eigenvalue weighted by Crippen LogP contribution is -2.34. The molecule has 116 valence electrons. The predicted molar refractivity (Wildman–Crippen MR) is 85.3 cm³/mol. The summed E-state index contributed by atoms with van der Waals surface area (Å²) in [4.78, 5) is 30.5. The van der Waals surface area contributed by atoms with E-state index in [4.69, 9.17) is 4.74 Å². The zero-order valence-corrected chi connectivity index (χ0v) is 13.6. The van der Waals surface area contributed by atoms with E-state index < -0.39 is 0 Å². The number of likely N-dealkylation sites (N-methyl/N-ethyl adjacent to an activating group) is 1. The van der Waals surface area contributed by atoms with Crippen molar-refractivity contribution in [2.75, 3.05) is 20.8 Å². The number of hydrogen-bond acceptors (Lipinski definition) is 5. The number of aromatic nitrogens is 1. The molecule has 0 aliphatic carbocycles. The third-order valence-electron chi connectivity index (χ3n) is 3.33. The minimum Gasteiger partial charge on any atom is -0.382 e. The smallest absolute Gasteiger partial charge is 0.255 e. The Labute approximate surface area is 133 Å². The maximum Gasteiger partial charge on any atom is 0.255 e. The Morgan fingerprint density at radius 3 is 2.73 bits per heavy atom. The first-order valence-corrected chi connectivity index (χ1v) is 7.69. The van der Waals surface area contributed by atoms with Crippen LogP contribution in [-0.4, -0.2) is 42.3 Å². The molecule has 5 nitrogen and oxygen atoms in total. The first-order valence-electron chi connectivity index (χ1n) is 6.81. The van der Waals surface area contributed by atoms with Gasteiger partial charge < -0.3 is 9.64 Å². The van der Waals surface area contributed by atoms with Gasteiger partial charge in [-0.2, -0.15) is 0 Å². The van der Waals surface area contributed by atoms with Gasteiger partial charge in [-0.25, -0.2) is 0 Å². The summed E-state index contributed by atoms with van der Waals surface area (Å²) in [7, 11) is 3.30. The molecule has 2 aromatic heterocycles. The molecule has 2 aromatic rings. The van der Waals surface area contributed by atoms with E-state index in [1.165, 1.54) is 18.3 Å². The van der Waals surface area contributed by atoms with Crippen LogP contribution in [-0.2, 0) is 4.74 Å². The summed E-state index contributed by atoms with van der Waals surface area (Å²) in [5, 5.41) is 1.71. The fourth-order valence-electron chi connectivity index (χ4n) is 2.10. The molecule has 0 aliphatic heterocycles. The molecule has 1 atom stereocenters. The Kier molecular flexibility index (Phi) is 5.41. The highest BCUT2D eigenvalue weighted by atomic mass is 32.1. The summed E-state index contributed by atoms with van der Waals surface area (Å²) in [5.41, 5.74) is 1.27. The molecule has 0 unspecified atom stereocenters. The molecule has 22 heavy (non-hydrogen) atoms. The molecule has 0 saturated heterocycles. The molecular weight excluding hydrogens is 300 g/mol. The van der Waals surface area contributed by atoms with E-state index in [1.54, 1.807) is 36.7 Å². The SMILES string of the molecule is COC[C@H](c1ccccn1)N(C)C(=O)c1csc(C(C)=O)c1. The van der Waals surface area contributed by atoms with Crippen molar-refractivity contribution in [1.29, 1.82) is 0 Å². The highest BCUT2D eigenvalue weighted by molar-refractivity contribution is 7.12. The van der Waals surface area contributed by atoms with Crippen molar-refractivity contribution in [2.45, 2.75) is 13.0 Å². The Bertz CT molecular complexity index is 654. The van der Waals surface area contributed by atoms with Gasteiger partial charge in [0, 0.05) is 25.7 Å². The van der Waals surface area contributed by atoms with Crippen LogP contribution in [0.1, 0.15) is 38.7 Å². The molecule has 0 saturated carbocycles. The van der Waals surface area contributed by atoms with E-state index in [0.29, 0.717) is 17.0 Å². The highest BCUT2D eigenvalue weighted by Gasteiger charge is 2.24. The number of ketones is 1. The molecule has 0 bridgehead atoms. The fraction of sp³-hybridized carbons (Fsp3) is 0.312. The fourth-order valence-corrected chi connectivity index (χ4v) is 2.89. The summed E-state index contributed by atoms with van der Waals surface area (Å²) in [6.45, 7) is 1.84. The van der Waals surface area contributed by atoms with Crippen molar-refractivity contribution in [2.24, 2.45) is 0 Å². The van der Waals surface area contributed by atoms with Gasteiger partial charge in [-0.15, -0.1) is 11.3 Å². The van der Waals surface area contributed by atoms with Crippen LogP contribution in [0.2, 0.25) is 0 Å². The van der Waals surface area contributed by atoms with Crippen molar-refractivity contribution in [3.8, 4) is 0 Å². The van der Waals surface area contributed by atoms with Gasteiger partial charge in [0.1, 0.15) is 0 Å². The summed E-state index contributed by atoms with van der Waals surface area (Å²) in [5.74, 6) is -0.193. The molecule has 0 radical (unpaired) electrons. The van der Waals surface area contributed by atoms with Crippen molar-refractivity contribution < 1.29 is 14.3 Å². The van der Waals surface area contributed by atoms with E-state index >= 15 is 0 Å². The van der Waals surface area contributed by atoms with Gasteiger partial charge in [0.15, 0.2) is 5.78 Å². The van der Waals surface area contributed by atoms with Gasteiger partial charge in [-0.3, -0.25) is 14.6 Å². The molecule has 0 fully saturated rings. The number of nitrogens with zero attached hydrogens (tertiary/aromatic N) is 2. The molecule has 1 amide bonds. The number of hydrogen-bond donors (Lipinski definition) is 0. The largest absolute Gasteiger partial charge is 0.382 e. The maximum absolute atomic E-state index is 12.6. The van der Waals surface area contributed by atoms with Crippen LogP contribution >= 0.6 is 11.3 Å². The average molecular weight is 318 g/mol. The number of methoxy groups -OCH3 is 1. The van der Waals surface area contributed by atoms with Gasteiger partial charge in [0.25, 0.3) is 5.91 Å². The van der Waals surface area contributed by atoms with Gasteiger partial charge in [-0.1, -0.05) is 6.07 Å². The third kappa shape index (κ3) is 3.58. The van der Waals surface area contributed by atoms with Gasteiger partial charge in [0.2, 0.25) is 0 Å². The molecule has 6 heteroatoms. The summed E-state index contributed by atoms with van der Waals surface area (Å²) in [6, 6.07) is 6.92. The minimum absolute atomic E-state index is 0.0372. The summed E-state index contributed by atoms with van der Waals surface area (Å²) >= 11 is 1.28. The van der Waals surface area contributed by atoms with E-state index in [-0.39, 0.29) is 17.7 Å². The van der Waals surface area contributed by atoms with E-state index in [1.807, 2.05) is 18.2 Å². The zero-order valence-electron chi connectivity index (χ0n) is 12.8. The summed E-state index contributed by atoms with van der Waals surface area (Å²) in [6.07, 6.45) is 1.69. The first-order chi connectivity index (χ1) is 10.5. The Hall–Kier alpha value is -2.05. The van der Waals surface area contributed by atoms with Crippen molar-refractivity contribution in [3.05, 3.63) is 52.0 Å². The topological polar surface area (TPSA) is 59.5 Å². The van der Waals surface area contributed by atoms with Crippen LogP contribution in [0.3, 0.4) is 0 Å². The number of carbonyl (C=O) groups excluding carboxylic acids is 2. The lowest BCUT2D eigenvalue weighted by molar-refractivity contribution is 0.0595. The average Bonchev–Trinajstić information content (AvgIpc) is 3.02. The van der Waals surface area contributed by atoms with Crippen LogP contribution < -0.4 is 0 Å². The minimum atomic E-state index is -0.278. The molecular formula is C16H18N2O3S. The number of thiophene rings is 1. The van der Waals surface area contributed by atoms with Crippen molar-refractivity contribution >= 4 is 23.0 Å². The number of pyridine rings is 1.